The van der Waals surface area contributed by atoms with E-state index in [-0.39, 0.29) is 39.7 Å². The molecule has 4 rings (SSSR count). The summed E-state index contributed by atoms with van der Waals surface area (Å²) in [5.41, 5.74) is -0.241. The summed E-state index contributed by atoms with van der Waals surface area (Å²) in [6.07, 6.45) is -2.41. The molecule has 204 valence electrons. The van der Waals surface area contributed by atoms with E-state index in [0.29, 0.717) is 31.5 Å². The fourth-order valence-electron chi connectivity index (χ4n) is 3.99. The van der Waals surface area contributed by atoms with Gasteiger partial charge >= 0.3 is 12.1 Å². The standard InChI is InChI=1S/C27H23ClF4N4O3/c1-16(37)36-10-8-18(9-11-36)15-39-23-6-4-19(26-33-14-24(35-26)27(30,31)32)13-22(23)34-25(38)7-3-17-2-5-21(29)20(28)12-17/h2,4-6,12-14,18H,8-11,15H2,1H3,(H,33,35)(H,34,38). The molecule has 0 radical (unpaired) electrons. The van der Waals surface area contributed by atoms with Crippen LogP contribution in [0.1, 0.15) is 31.0 Å². The fourth-order valence-corrected chi connectivity index (χ4v) is 4.17. The molecule has 2 aromatic carbocycles. The molecule has 1 aliphatic heterocycles. The van der Waals surface area contributed by atoms with Crippen LogP contribution in [0.5, 0.6) is 5.75 Å². The molecule has 0 unspecified atom stereocenters. The number of amides is 2. The van der Waals surface area contributed by atoms with Crippen LogP contribution >= 0.6 is 11.6 Å². The number of halogens is 5. The highest BCUT2D eigenvalue weighted by Crippen LogP contribution is 2.33. The summed E-state index contributed by atoms with van der Waals surface area (Å²) in [5, 5.41) is 2.46. The van der Waals surface area contributed by atoms with Crippen LogP contribution in [0, 0.1) is 23.6 Å². The zero-order valence-corrected chi connectivity index (χ0v) is 21.4. The molecular formula is C27H23ClF4N4O3. The van der Waals surface area contributed by atoms with Gasteiger partial charge in [0.15, 0.2) is 0 Å². The number of imidazole rings is 1. The van der Waals surface area contributed by atoms with Crippen LogP contribution in [0.3, 0.4) is 0 Å². The molecular weight excluding hydrogens is 540 g/mol. The lowest BCUT2D eigenvalue weighted by Gasteiger charge is -2.31. The molecule has 0 bridgehead atoms. The highest BCUT2D eigenvalue weighted by atomic mass is 35.5. The molecule has 0 saturated carbocycles. The maximum Gasteiger partial charge on any atom is 0.432 e. The van der Waals surface area contributed by atoms with Gasteiger partial charge in [-0.1, -0.05) is 17.5 Å². The zero-order valence-electron chi connectivity index (χ0n) is 20.7. The Bertz CT molecular complexity index is 1440. The first-order valence-corrected chi connectivity index (χ1v) is 12.3. The van der Waals surface area contributed by atoms with E-state index in [4.69, 9.17) is 16.3 Å². The minimum absolute atomic E-state index is 0.0191. The average Bonchev–Trinajstić information content (AvgIpc) is 3.40. The summed E-state index contributed by atoms with van der Waals surface area (Å²) >= 11 is 5.75. The molecule has 2 N–H and O–H groups in total. The molecule has 0 aliphatic carbocycles. The Hall–Kier alpha value is -4.04. The minimum atomic E-state index is -4.60. The number of nitrogens with zero attached hydrogens (tertiary/aromatic N) is 2. The number of aromatic amines is 1. The third kappa shape index (κ3) is 7.29. The van der Waals surface area contributed by atoms with E-state index in [0.717, 1.165) is 18.9 Å². The van der Waals surface area contributed by atoms with E-state index in [1.165, 1.54) is 37.3 Å². The molecule has 2 heterocycles. The summed E-state index contributed by atoms with van der Waals surface area (Å²) in [6, 6.07) is 8.25. The quantitative estimate of drug-likeness (QED) is 0.317. The van der Waals surface area contributed by atoms with Crippen molar-refractivity contribution >= 4 is 29.1 Å². The Balaban J connectivity index is 1.54. The van der Waals surface area contributed by atoms with Crippen LogP contribution in [0.4, 0.5) is 23.2 Å². The van der Waals surface area contributed by atoms with Crippen LogP contribution in [-0.2, 0) is 15.8 Å². The molecule has 0 spiro atoms. The van der Waals surface area contributed by atoms with Gasteiger partial charge < -0.3 is 19.9 Å². The van der Waals surface area contributed by atoms with Crippen molar-refractivity contribution in [2.75, 3.05) is 25.0 Å². The Kier molecular flexibility index (Phi) is 8.45. The van der Waals surface area contributed by atoms with E-state index < -0.39 is 23.6 Å². The lowest BCUT2D eigenvalue weighted by atomic mass is 9.98. The Labute approximate surface area is 226 Å². The number of hydrogen-bond acceptors (Lipinski definition) is 4. The number of aromatic nitrogens is 2. The predicted octanol–water partition coefficient (Wildman–Crippen LogP) is 5.52. The van der Waals surface area contributed by atoms with Crippen molar-refractivity contribution in [2.45, 2.75) is 25.9 Å². The highest BCUT2D eigenvalue weighted by Gasteiger charge is 2.33. The Morgan fingerprint density at radius 2 is 1.95 bits per heavy atom. The zero-order chi connectivity index (χ0) is 28.2. The lowest BCUT2D eigenvalue weighted by molar-refractivity contribution is -0.140. The molecule has 1 fully saturated rings. The SMILES string of the molecule is CC(=O)N1CCC(COc2ccc(-c3ncc(C(F)(F)F)[nH]3)cc2NC(=O)C#Cc2ccc(F)c(Cl)c2)CC1. The smallest absolute Gasteiger partial charge is 0.432 e. The third-order valence-electron chi connectivity index (χ3n) is 6.16. The third-order valence-corrected chi connectivity index (χ3v) is 6.45. The van der Waals surface area contributed by atoms with Crippen molar-refractivity contribution in [3.8, 4) is 29.0 Å². The van der Waals surface area contributed by atoms with Gasteiger partial charge in [-0.25, -0.2) is 9.37 Å². The fraction of sp³-hybridized carbons (Fsp3) is 0.296. The molecule has 1 saturated heterocycles. The summed E-state index contributed by atoms with van der Waals surface area (Å²) in [4.78, 5) is 32.0. The van der Waals surface area contributed by atoms with Gasteiger partial charge in [-0.3, -0.25) is 9.59 Å². The van der Waals surface area contributed by atoms with Gasteiger partial charge in [0.2, 0.25) is 5.91 Å². The maximum absolute atomic E-state index is 13.4. The van der Waals surface area contributed by atoms with Crippen molar-refractivity contribution in [3.63, 3.8) is 0 Å². The number of rotatable bonds is 5. The highest BCUT2D eigenvalue weighted by molar-refractivity contribution is 6.30. The molecule has 1 aromatic heterocycles. The van der Waals surface area contributed by atoms with Gasteiger partial charge in [-0.05, 0) is 55.2 Å². The molecule has 39 heavy (non-hydrogen) atoms. The van der Waals surface area contributed by atoms with E-state index in [9.17, 15) is 27.2 Å². The topological polar surface area (TPSA) is 87.3 Å². The van der Waals surface area contributed by atoms with Crippen molar-refractivity contribution in [1.82, 2.24) is 14.9 Å². The van der Waals surface area contributed by atoms with Crippen molar-refractivity contribution < 1.29 is 31.9 Å². The van der Waals surface area contributed by atoms with Crippen molar-refractivity contribution in [1.29, 1.82) is 0 Å². The number of anilines is 1. The van der Waals surface area contributed by atoms with Gasteiger partial charge in [-0.2, -0.15) is 13.2 Å². The van der Waals surface area contributed by atoms with Crippen LogP contribution < -0.4 is 10.1 Å². The van der Waals surface area contributed by atoms with Gasteiger partial charge in [0.1, 0.15) is 23.1 Å². The largest absolute Gasteiger partial charge is 0.491 e. The minimum Gasteiger partial charge on any atom is -0.491 e. The number of carbonyl (C=O) groups excluding carboxylic acids is 2. The molecule has 0 atom stereocenters. The molecule has 7 nitrogen and oxygen atoms in total. The first-order valence-electron chi connectivity index (χ1n) is 11.9. The molecule has 3 aromatic rings. The second kappa shape index (κ2) is 11.8. The normalized spacial score (nSPS) is 13.9. The number of hydrogen-bond donors (Lipinski definition) is 2. The Morgan fingerprint density at radius 1 is 1.21 bits per heavy atom. The second-order valence-corrected chi connectivity index (χ2v) is 9.35. The number of H-pyrrole nitrogens is 1. The van der Waals surface area contributed by atoms with Crippen LogP contribution in [-0.4, -0.2) is 46.4 Å². The van der Waals surface area contributed by atoms with Crippen LogP contribution in [0.2, 0.25) is 5.02 Å². The van der Waals surface area contributed by atoms with E-state index in [1.807, 2.05) is 0 Å². The van der Waals surface area contributed by atoms with Crippen molar-refractivity contribution in [3.05, 3.63) is 64.7 Å². The van der Waals surface area contributed by atoms with Gasteiger partial charge in [0, 0.05) is 37.1 Å². The summed E-state index contributed by atoms with van der Waals surface area (Å²) in [6.45, 7) is 3.08. The number of ether oxygens (including phenoxy) is 1. The second-order valence-electron chi connectivity index (χ2n) is 8.95. The van der Waals surface area contributed by atoms with E-state index in [2.05, 4.69) is 27.1 Å². The van der Waals surface area contributed by atoms with Crippen LogP contribution in [0.15, 0.2) is 42.6 Å². The Morgan fingerprint density at radius 3 is 2.59 bits per heavy atom. The number of piperidine rings is 1. The number of benzene rings is 2. The summed E-state index contributed by atoms with van der Waals surface area (Å²) < 4.78 is 58.5. The van der Waals surface area contributed by atoms with Gasteiger partial charge in [0.25, 0.3) is 0 Å². The van der Waals surface area contributed by atoms with Crippen LogP contribution in [0.25, 0.3) is 11.4 Å². The van der Waals surface area contributed by atoms with Gasteiger partial charge in [0.05, 0.1) is 23.5 Å². The summed E-state index contributed by atoms with van der Waals surface area (Å²) in [5.74, 6) is 4.04. The van der Waals surface area contributed by atoms with Crippen molar-refractivity contribution in [2.24, 2.45) is 5.92 Å². The molecule has 1 aliphatic rings. The first kappa shape index (κ1) is 28.0. The van der Waals surface area contributed by atoms with E-state index in [1.54, 1.807) is 4.90 Å². The van der Waals surface area contributed by atoms with Gasteiger partial charge in [-0.15, -0.1) is 0 Å². The molecule has 2 amide bonds. The number of likely N-dealkylation sites (tertiary alicyclic amines) is 1. The molecule has 12 heteroatoms. The number of nitrogens with one attached hydrogen (secondary N) is 2. The lowest BCUT2D eigenvalue weighted by Crippen LogP contribution is -2.38. The summed E-state index contributed by atoms with van der Waals surface area (Å²) in [7, 11) is 0. The average molecular weight is 563 g/mol. The first-order chi connectivity index (χ1) is 18.5. The predicted molar refractivity (Wildman–Crippen MR) is 136 cm³/mol. The number of carbonyl (C=O) groups is 2. The van der Waals surface area contributed by atoms with E-state index >= 15 is 0 Å². The number of alkyl halides is 3. The monoisotopic (exact) mass is 562 g/mol. The maximum atomic E-state index is 13.4.